The maximum Gasteiger partial charge on any atom is 0.220 e. The van der Waals surface area contributed by atoms with Gasteiger partial charge in [0.2, 0.25) is 5.91 Å². The Morgan fingerprint density at radius 1 is 1.38 bits per heavy atom. The van der Waals surface area contributed by atoms with Crippen LogP contribution in [0.5, 0.6) is 0 Å². The standard InChI is InChI=1S/C12H26N2O2/c1-9(13)5-6-11(16)14-10(7-8-15)12(2,3)4/h9-10,15H,5-8,13H2,1-4H3,(H,14,16). The molecule has 0 aliphatic rings. The van der Waals surface area contributed by atoms with Crippen LogP contribution < -0.4 is 11.1 Å². The number of carbonyl (C=O) groups excluding carboxylic acids is 1. The van der Waals surface area contributed by atoms with Crippen molar-refractivity contribution in [2.75, 3.05) is 6.61 Å². The summed E-state index contributed by atoms with van der Waals surface area (Å²) < 4.78 is 0. The molecule has 0 aromatic rings. The lowest BCUT2D eigenvalue weighted by atomic mass is 9.85. The minimum atomic E-state index is -0.0350. The molecule has 16 heavy (non-hydrogen) atoms. The molecule has 0 aromatic heterocycles. The van der Waals surface area contributed by atoms with E-state index in [0.29, 0.717) is 19.3 Å². The average molecular weight is 230 g/mol. The molecule has 0 aromatic carbocycles. The van der Waals surface area contributed by atoms with Crippen LogP contribution in [-0.4, -0.2) is 29.7 Å². The Morgan fingerprint density at radius 3 is 2.31 bits per heavy atom. The molecule has 0 bridgehead atoms. The van der Waals surface area contributed by atoms with Crippen LogP contribution in [0.4, 0.5) is 0 Å². The molecule has 96 valence electrons. The largest absolute Gasteiger partial charge is 0.396 e. The van der Waals surface area contributed by atoms with Crippen LogP contribution in [0.3, 0.4) is 0 Å². The van der Waals surface area contributed by atoms with Crippen LogP contribution in [0, 0.1) is 5.41 Å². The van der Waals surface area contributed by atoms with Crippen molar-refractivity contribution in [2.24, 2.45) is 11.1 Å². The molecular formula is C12H26N2O2. The first-order chi connectivity index (χ1) is 7.27. The summed E-state index contributed by atoms with van der Waals surface area (Å²) >= 11 is 0. The normalized spacial score (nSPS) is 15.6. The van der Waals surface area contributed by atoms with E-state index in [1.165, 1.54) is 0 Å². The van der Waals surface area contributed by atoms with Gasteiger partial charge < -0.3 is 16.2 Å². The van der Waals surface area contributed by atoms with E-state index in [0.717, 1.165) is 0 Å². The third-order valence-electron chi connectivity index (χ3n) is 2.63. The number of carbonyl (C=O) groups is 1. The second kappa shape index (κ2) is 6.86. The van der Waals surface area contributed by atoms with Crippen molar-refractivity contribution in [2.45, 2.75) is 59.0 Å². The van der Waals surface area contributed by atoms with Gasteiger partial charge in [0.15, 0.2) is 0 Å². The molecule has 0 radical (unpaired) electrons. The smallest absolute Gasteiger partial charge is 0.220 e. The monoisotopic (exact) mass is 230 g/mol. The van der Waals surface area contributed by atoms with Crippen LogP contribution in [0.25, 0.3) is 0 Å². The fraction of sp³-hybridized carbons (Fsp3) is 0.917. The molecule has 0 heterocycles. The molecule has 4 heteroatoms. The molecule has 0 rings (SSSR count). The number of amides is 1. The van der Waals surface area contributed by atoms with Gasteiger partial charge in [-0.15, -0.1) is 0 Å². The molecular weight excluding hydrogens is 204 g/mol. The highest BCUT2D eigenvalue weighted by Gasteiger charge is 2.25. The first-order valence-corrected chi connectivity index (χ1v) is 5.93. The Kier molecular flexibility index (Phi) is 6.60. The second-order valence-electron chi connectivity index (χ2n) is 5.51. The Labute approximate surface area is 98.6 Å². The first kappa shape index (κ1) is 15.4. The Bertz CT molecular complexity index is 210. The lowest BCUT2D eigenvalue weighted by molar-refractivity contribution is -0.122. The van der Waals surface area contributed by atoms with Crippen LogP contribution in [0.2, 0.25) is 0 Å². The highest BCUT2D eigenvalue weighted by atomic mass is 16.3. The molecule has 0 saturated carbocycles. The lowest BCUT2D eigenvalue weighted by Crippen LogP contribution is -2.44. The van der Waals surface area contributed by atoms with Gasteiger partial charge >= 0.3 is 0 Å². The number of aliphatic hydroxyl groups excluding tert-OH is 1. The lowest BCUT2D eigenvalue weighted by Gasteiger charge is -2.31. The SMILES string of the molecule is CC(N)CCC(=O)NC(CCO)C(C)(C)C. The van der Waals surface area contributed by atoms with Gasteiger partial charge in [0.1, 0.15) is 0 Å². The molecule has 0 aliphatic carbocycles. The first-order valence-electron chi connectivity index (χ1n) is 5.93. The predicted molar refractivity (Wildman–Crippen MR) is 66.0 cm³/mol. The van der Waals surface area contributed by atoms with Crippen LogP contribution in [0.15, 0.2) is 0 Å². The molecule has 0 saturated heterocycles. The zero-order valence-electron chi connectivity index (χ0n) is 10.9. The van der Waals surface area contributed by atoms with Crippen molar-refractivity contribution >= 4 is 5.91 Å². The fourth-order valence-electron chi connectivity index (χ4n) is 1.48. The number of hydrogen-bond donors (Lipinski definition) is 3. The summed E-state index contributed by atoms with van der Waals surface area (Å²) in [4.78, 5) is 11.6. The molecule has 4 N–H and O–H groups in total. The minimum absolute atomic E-state index is 0.0121. The van der Waals surface area contributed by atoms with Gasteiger partial charge in [-0.25, -0.2) is 0 Å². The van der Waals surface area contributed by atoms with E-state index in [2.05, 4.69) is 26.1 Å². The molecule has 0 aliphatic heterocycles. The van der Waals surface area contributed by atoms with Gasteiger partial charge in [0, 0.05) is 25.1 Å². The minimum Gasteiger partial charge on any atom is -0.396 e. The summed E-state index contributed by atoms with van der Waals surface area (Å²) in [5.74, 6) is 0.0191. The van der Waals surface area contributed by atoms with E-state index >= 15 is 0 Å². The molecule has 1 amide bonds. The van der Waals surface area contributed by atoms with E-state index < -0.39 is 0 Å². The van der Waals surface area contributed by atoms with Gasteiger partial charge in [-0.1, -0.05) is 20.8 Å². The average Bonchev–Trinajstić information content (AvgIpc) is 2.12. The molecule has 0 fully saturated rings. The quantitative estimate of drug-likeness (QED) is 0.638. The van der Waals surface area contributed by atoms with Crippen LogP contribution >= 0.6 is 0 Å². The molecule has 4 nitrogen and oxygen atoms in total. The summed E-state index contributed by atoms with van der Waals surface area (Å²) in [6.07, 6.45) is 1.74. The van der Waals surface area contributed by atoms with E-state index in [9.17, 15) is 4.79 Å². The van der Waals surface area contributed by atoms with Crippen molar-refractivity contribution in [1.29, 1.82) is 0 Å². The third kappa shape index (κ3) is 6.80. The van der Waals surface area contributed by atoms with E-state index in [4.69, 9.17) is 10.8 Å². The highest BCUT2D eigenvalue weighted by Crippen LogP contribution is 2.21. The zero-order chi connectivity index (χ0) is 12.8. The van der Waals surface area contributed by atoms with Gasteiger partial charge in [-0.05, 0) is 25.2 Å². The topological polar surface area (TPSA) is 75.4 Å². The van der Waals surface area contributed by atoms with Gasteiger partial charge in [0.05, 0.1) is 0 Å². The van der Waals surface area contributed by atoms with Gasteiger partial charge in [-0.3, -0.25) is 4.79 Å². The second-order valence-corrected chi connectivity index (χ2v) is 5.51. The van der Waals surface area contributed by atoms with E-state index in [1.54, 1.807) is 0 Å². The van der Waals surface area contributed by atoms with Crippen molar-refractivity contribution in [3.05, 3.63) is 0 Å². The maximum absolute atomic E-state index is 11.6. The number of hydrogen-bond acceptors (Lipinski definition) is 3. The van der Waals surface area contributed by atoms with Crippen molar-refractivity contribution in [3.8, 4) is 0 Å². The summed E-state index contributed by atoms with van der Waals surface area (Å²) in [5, 5.41) is 11.9. The Morgan fingerprint density at radius 2 is 1.94 bits per heavy atom. The van der Waals surface area contributed by atoms with E-state index in [1.807, 2.05) is 6.92 Å². The number of aliphatic hydroxyl groups is 1. The van der Waals surface area contributed by atoms with Gasteiger partial charge in [0.25, 0.3) is 0 Å². The van der Waals surface area contributed by atoms with Gasteiger partial charge in [-0.2, -0.15) is 0 Å². The summed E-state index contributed by atoms with van der Waals surface area (Å²) in [6, 6.07) is 0.0646. The summed E-state index contributed by atoms with van der Waals surface area (Å²) in [5.41, 5.74) is 5.56. The fourth-order valence-corrected chi connectivity index (χ4v) is 1.48. The van der Waals surface area contributed by atoms with Crippen molar-refractivity contribution < 1.29 is 9.90 Å². The number of nitrogens with two attached hydrogens (primary N) is 1. The number of nitrogens with one attached hydrogen (secondary N) is 1. The Hall–Kier alpha value is -0.610. The maximum atomic E-state index is 11.6. The highest BCUT2D eigenvalue weighted by molar-refractivity contribution is 5.76. The van der Waals surface area contributed by atoms with Crippen LogP contribution in [-0.2, 0) is 4.79 Å². The number of rotatable bonds is 6. The molecule has 2 unspecified atom stereocenters. The zero-order valence-corrected chi connectivity index (χ0v) is 10.9. The van der Waals surface area contributed by atoms with Crippen LogP contribution in [0.1, 0.15) is 47.0 Å². The molecule has 0 spiro atoms. The third-order valence-corrected chi connectivity index (χ3v) is 2.63. The Balaban J connectivity index is 4.14. The van der Waals surface area contributed by atoms with E-state index in [-0.39, 0.29) is 30.0 Å². The predicted octanol–water partition coefficient (Wildman–Crippen LogP) is 1.03. The van der Waals surface area contributed by atoms with Crippen molar-refractivity contribution in [3.63, 3.8) is 0 Å². The summed E-state index contributed by atoms with van der Waals surface area (Å²) in [7, 11) is 0. The molecule has 2 atom stereocenters. The summed E-state index contributed by atoms with van der Waals surface area (Å²) in [6.45, 7) is 8.15. The van der Waals surface area contributed by atoms with Crippen molar-refractivity contribution in [1.82, 2.24) is 5.32 Å².